The van der Waals surface area contributed by atoms with Gasteiger partial charge in [0.2, 0.25) is 6.17 Å². The summed E-state index contributed by atoms with van der Waals surface area (Å²) < 4.78 is 4.50. The number of hydrogen-bond acceptors (Lipinski definition) is 6. The minimum Gasteiger partial charge on any atom is -0.311 e. The molecule has 10 nitrogen and oxygen atoms in total. The molecule has 1 atom stereocenters. The van der Waals surface area contributed by atoms with Crippen LogP contribution in [0.2, 0.25) is 0 Å². The zero-order chi connectivity index (χ0) is 24.4. The van der Waals surface area contributed by atoms with E-state index in [4.69, 9.17) is 0 Å². The average molecular weight is 468 g/mol. The molecule has 3 N–H and O–H groups in total. The molecular weight excluding hydrogens is 448 g/mol. The number of benzodiazepines with no additional fused rings is 1. The summed E-state index contributed by atoms with van der Waals surface area (Å²) in [6, 6.07) is 23.0. The summed E-state index contributed by atoms with van der Waals surface area (Å²) in [7, 11) is 1.66. The lowest BCUT2D eigenvalue weighted by molar-refractivity contribution is -0.119. The van der Waals surface area contributed by atoms with Crippen LogP contribution in [0.1, 0.15) is 11.1 Å². The number of fused-ring (bicyclic) bond motifs is 1. The van der Waals surface area contributed by atoms with Crippen LogP contribution in [0.3, 0.4) is 0 Å². The number of aromatic nitrogens is 2. The SMILES string of the molecule is CN1C(=O)[C@@H](NC(=O)Nc2ccc(-c3noc(=O)[nH]3)cc2)N=C(c2ccccc2)c2ccccc21. The third-order valence-electron chi connectivity index (χ3n) is 5.51. The molecule has 0 bridgehead atoms. The summed E-state index contributed by atoms with van der Waals surface area (Å²) in [5.41, 5.74) is 4.01. The second kappa shape index (κ2) is 9.10. The molecule has 10 heteroatoms. The zero-order valence-electron chi connectivity index (χ0n) is 18.6. The topological polar surface area (TPSA) is 133 Å². The highest BCUT2D eigenvalue weighted by molar-refractivity contribution is 6.20. The van der Waals surface area contributed by atoms with Gasteiger partial charge in [-0.2, -0.15) is 0 Å². The van der Waals surface area contributed by atoms with Crippen LogP contribution >= 0.6 is 0 Å². The lowest BCUT2D eigenvalue weighted by atomic mass is 10.0. The number of anilines is 2. The average Bonchev–Trinajstić information content (AvgIpc) is 3.29. The second-order valence-corrected chi connectivity index (χ2v) is 7.78. The van der Waals surface area contributed by atoms with E-state index in [-0.39, 0.29) is 11.7 Å². The summed E-state index contributed by atoms with van der Waals surface area (Å²) >= 11 is 0. The molecule has 0 unspecified atom stereocenters. The van der Waals surface area contributed by atoms with Crippen LogP contribution in [-0.2, 0) is 4.79 Å². The van der Waals surface area contributed by atoms with Crippen LogP contribution in [0, 0.1) is 0 Å². The van der Waals surface area contributed by atoms with E-state index in [0.717, 1.165) is 11.1 Å². The van der Waals surface area contributed by atoms with Crippen molar-refractivity contribution < 1.29 is 14.1 Å². The maximum absolute atomic E-state index is 13.2. The summed E-state index contributed by atoms with van der Waals surface area (Å²) in [4.78, 5) is 45.7. The predicted molar refractivity (Wildman–Crippen MR) is 130 cm³/mol. The number of nitrogens with zero attached hydrogens (tertiary/aromatic N) is 3. The van der Waals surface area contributed by atoms with E-state index in [0.29, 0.717) is 22.6 Å². The lowest BCUT2D eigenvalue weighted by Crippen LogP contribution is -2.47. The maximum Gasteiger partial charge on any atom is 0.439 e. The first kappa shape index (κ1) is 21.8. The zero-order valence-corrected chi connectivity index (χ0v) is 18.6. The quantitative estimate of drug-likeness (QED) is 0.424. The van der Waals surface area contributed by atoms with E-state index in [1.54, 1.807) is 31.3 Å². The number of aliphatic imine (C=N–C) groups is 1. The number of amides is 3. The molecule has 5 rings (SSSR count). The van der Waals surface area contributed by atoms with Gasteiger partial charge in [0, 0.05) is 29.4 Å². The summed E-state index contributed by atoms with van der Waals surface area (Å²) in [5, 5.41) is 8.99. The number of H-pyrrole nitrogens is 1. The molecule has 4 aromatic rings. The Morgan fingerprint density at radius 2 is 1.66 bits per heavy atom. The molecule has 0 saturated carbocycles. The number of carbonyl (C=O) groups excluding carboxylic acids is 2. The van der Waals surface area contributed by atoms with Gasteiger partial charge in [-0.05, 0) is 30.3 Å². The number of aromatic amines is 1. The van der Waals surface area contributed by atoms with Crippen LogP contribution in [-0.4, -0.2) is 41.0 Å². The molecule has 1 aliphatic rings. The minimum atomic E-state index is -1.14. The molecule has 0 saturated heterocycles. The molecule has 35 heavy (non-hydrogen) atoms. The van der Waals surface area contributed by atoms with E-state index in [1.807, 2.05) is 54.6 Å². The summed E-state index contributed by atoms with van der Waals surface area (Å²) in [5.74, 6) is -0.749. The Morgan fingerprint density at radius 3 is 2.37 bits per heavy atom. The van der Waals surface area contributed by atoms with Gasteiger partial charge in [0.15, 0.2) is 5.82 Å². The first-order valence-electron chi connectivity index (χ1n) is 10.7. The number of carbonyl (C=O) groups is 2. The number of benzene rings is 3. The van der Waals surface area contributed by atoms with Crippen LogP contribution < -0.4 is 21.3 Å². The predicted octanol–water partition coefficient (Wildman–Crippen LogP) is 2.99. The van der Waals surface area contributed by atoms with E-state index in [9.17, 15) is 14.4 Å². The molecule has 0 fully saturated rings. The highest BCUT2D eigenvalue weighted by Gasteiger charge is 2.30. The number of likely N-dealkylation sites (N-methyl/N-ethyl adjacent to an activating group) is 1. The number of para-hydroxylation sites is 1. The fraction of sp³-hybridized carbons (Fsp3) is 0.0800. The number of urea groups is 1. The van der Waals surface area contributed by atoms with Crippen molar-refractivity contribution in [1.29, 1.82) is 0 Å². The Kier molecular flexibility index (Phi) is 5.68. The normalized spacial score (nSPS) is 15.1. The molecule has 0 spiro atoms. The van der Waals surface area contributed by atoms with Gasteiger partial charge >= 0.3 is 11.8 Å². The van der Waals surface area contributed by atoms with Crippen LogP contribution in [0.5, 0.6) is 0 Å². The Labute approximate surface area is 199 Å². The second-order valence-electron chi connectivity index (χ2n) is 7.78. The fourth-order valence-electron chi connectivity index (χ4n) is 3.80. The largest absolute Gasteiger partial charge is 0.439 e. The molecule has 1 aromatic heterocycles. The molecule has 174 valence electrons. The Balaban J connectivity index is 1.39. The van der Waals surface area contributed by atoms with Gasteiger partial charge in [0.25, 0.3) is 5.91 Å². The highest BCUT2D eigenvalue weighted by Crippen LogP contribution is 2.27. The van der Waals surface area contributed by atoms with Crippen molar-refractivity contribution in [3.63, 3.8) is 0 Å². The Morgan fingerprint density at radius 1 is 0.943 bits per heavy atom. The molecule has 2 heterocycles. The summed E-state index contributed by atoms with van der Waals surface area (Å²) in [6.07, 6.45) is -1.14. The van der Waals surface area contributed by atoms with Crippen LogP contribution in [0.4, 0.5) is 16.2 Å². The first-order chi connectivity index (χ1) is 17.0. The van der Waals surface area contributed by atoms with Gasteiger partial charge in [0.1, 0.15) is 0 Å². The van der Waals surface area contributed by atoms with Gasteiger partial charge in [0.05, 0.1) is 11.4 Å². The third-order valence-corrected chi connectivity index (χ3v) is 5.51. The van der Waals surface area contributed by atoms with Crippen LogP contribution in [0.25, 0.3) is 11.4 Å². The van der Waals surface area contributed by atoms with Crippen molar-refractivity contribution >= 4 is 29.0 Å². The fourth-order valence-corrected chi connectivity index (χ4v) is 3.80. The standard InChI is InChI=1S/C25H20N6O4/c1-31-19-10-6-5-9-18(19)20(15-7-3-2-4-8-15)27-22(23(31)32)28-24(33)26-17-13-11-16(12-14-17)21-29-25(34)35-30-21/h2-14,22H,1H3,(H2,26,28,33)(H,29,30,34)/t22-/m1/s1. The van der Waals surface area contributed by atoms with Gasteiger partial charge in [-0.3, -0.25) is 14.3 Å². The van der Waals surface area contributed by atoms with Crippen molar-refractivity contribution in [1.82, 2.24) is 15.5 Å². The molecule has 1 aliphatic heterocycles. The molecule has 3 amide bonds. The first-order valence-corrected chi connectivity index (χ1v) is 10.7. The van der Waals surface area contributed by atoms with Crippen molar-refractivity contribution in [3.05, 3.63) is 101 Å². The van der Waals surface area contributed by atoms with Crippen molar-refractivity contribution in [2.75, 3.05) is 17.3 Å². The van der Waals surface area contributed by atoms with Gasteiger partial charge in [-0.1, -0.05) is 53.7 Å². The van der Waals surface area contributed by atoms with Crippen molar-refractivity contribution in [2.45, 2.75) is 6.17 Å². The monoisotopic (exact) mass is 468 g/mol. The Bertz CT molecular complexity index is 1470. The van der Waals surface area contributed by atoms with Gasteiger partial charge < -0.3 is 15.5 Å². The third kappa shape index (κ3) is 4.44. The van der Waals surface area contributed by atoms with Crippen molar-refractivity contribution in [3.8, 4) is 11.4 Å². The number of nitrogens with one attached hydrogen (secondary N) is 3. The number of hydrogen-bond donors (Lipinski definition) is 3. The van der Waals surface area contributed by atoms with Crippen LogP contribution in [0.15, 0.2) is 93.2 Å². The molecule has 0 aliphatic carbocycles. The molecule has 0 radical (unpaired) electrons. The van der Waals surface area contributed by atoms with Crippen molar-refractivity contribution in [2.24, 2.45) is 4.99 Å². The molecular formula is C25H20N6O4. The Hall–Kier alpha value is -4.99. The van der Waals surface area contributed by atoms with Gasteiger partial charge in [-0.15, -0.1) is 0 Å². The summed E-state index contributed by atoms with van der Waals surface area (Å²) in [6.45, 7) is 0. The van der Waals surface area contributed by atoms with E-state index >= 15 is 0 Å². The smallest absolute Gasteiger partial charge is 0.311 e. The minimum absolute atomic E-state index is 0.278. The van der Waals surface area contributed by atoms with E-state index in [2.05, 4.69) is 30.3 Å². The highest BCUT2D eigenvalue weighted by atomic mass is 16.5. The van der Waals surface area contributed by atoms with E-state index in [1.165, 1.54) is 4.90 Å². The van der Waals surface area contributed by atoms with E-state index < -0.39 is 18.0 Å². The number of rotatable bonds is 4. The maximum atomic E-state index is 13.2. The van der Waals surface area contributed by atoms with Gasteiger partial charge in [-0.25, -0.2) is 14.6 Å². The molecule has 3 aromatic carbocycles. The lowest BCUT2D eigenvalue weighted by Gasteiger charge is -2.21.